The Morgan fingerprint density at radius 3 is 2.48 bits per heavy atom. The lowest BCUT2D eigenvalue weighted by Crippen LogP contribution is -2.44. The smallest absolute Gasteiger partial charge is 0.278 e. The Balaban J connectivity index is 1.31. The average Bonchev–Trinajstić information content (AvgIpc) is 3.09. The molecule has 168 valence electrons. The number of rotatable bonds is 5. The summed E-state index contributed by atoms with van der Waals surface area (Å²) in [6.07, 6.45) is 3.44. The summed E-state index contributed by atoms with van der Waals surface area (Å²) in [7, 11) is 0. The molecule has 0 aliphatic carbocycles. The van der Waals surface area contributed by atoms with Crippen LogP contribution in [0, 0.1) is 12.8 Å². The van der Waals surface area contributed by atoms with E-state index in [0.717, 1.165) is 54.9 Å². The highest BCUT2D eigenvalue weighted by atomic mass is 35.5. The van der Waals surface area contributed by atoms with Crippen molar-refractivity contribution in [2.24, 2.45) is 10.9 Å². The van der Waals surface area contributed by atoms with E-state index in [4.69, 9.17) is 16.6 Å². The maximum atomic E-state index is 13.5. The van der Waals surface area contributed by atoms with Gasteiger partial charge >= 0.3 is 0 Å². The molecule has 33 heavy (non-hydrogen) atoms. The minimum absolute atomic E-state index is 0.0398. The number of likely N-dealkylation sites (tertiary alicyclic amines) is 1. The molecule has 3 aromatic carbocycles. The molecule has 1 amide bonds. The van der Waals surface area contributed by atoms with Crippen LogP contribution in [0.25, 0.3) is 0 Å². The van der Waals surface area contributed by atoms with Gasteiger partial charge in [0.2, 0.25) is 0 Å². The molecule has 4 nitrogen and oxygen atoms in total. The van der Waals surface area contributed by atoms with Crippen molar-refractivity contribution in [2.75, 3.05) is 24.7 Å². The van der Waals surface area contributed by atoms with Gasteiger partial charge in [0.25, 0.3) is 5.91 Å². The van der Waals surface area contributed by atoms with Crippen LogP contribution in [-0.4, -0.2) is 36.3 Å². The highest BCUT2D eigenvalue weighted by Gasteiger charge is 2.35. The summed E-state index contributed by atoms with van der Waals surface area (Å²) in [6.45, 7) is 4.59. The summed E-state index contributed by atoms with van der Waals surface area (Å²) in [4.78, 5) is 22.5. The number of anilines is 1. The highest BCUT2D eigenvalue weighted by molar-refractivity contribution is 6.54. The predicted molar refractivity (Wildman–Crippen MR) is 136 cm³/mol. The van der Waals surface area contributed by atoms with Crippen molar-refractivity contribution >= 4 is 34.6 Å². The van der Waals surface area contributed by atoms with Crippen molar-refractivity contribution in [3.05, 3.63) is 94.5 Å². The first-order valence-electron chi connectivity index (χ1n) is 11.6. The van der Waals surface area contributed by atoms with Crippen LogP contribution < -0.4 is 4.90 Å². The first-order chi connectivity index (χ1) is 16.1. The molecular formula is C28H28ClN3O. The molecule has 2 aliphatic heterocycles. The zero-order chi connectivity index (χ0) is 22.8. The second-order valence-corrected chi connectivity index (χ2v) is 9.47. The molecule has 0 spiro atoms. The normalized spacial score (nSPS) is 18.2. The number of para-hydroxylation sites is 1. The van der Waals surface area contributed by atoms with Crippen LogP contribution in [0.1, 0.15) is 29.5 Å². The molecule has 1 fully saturated rings. The van der Waals surface area contributed by atoms with Crippen LogP contribution in [0.2, 0.25) is 5.02 Å². The maximum Gasteiger partial charge on any atom is 0.278 e. The second kappa shape index (κ2) is 9.50. The Kier molecular flexibility index (Phi) is 6.30. The first kappa shape index (κ1) is 21.9. The van der Waals surface area contributed by atoms with Gasteiger partial charge in [0.15, 0.2) is 0 Å². The highest BCUT2D eigenvalue weighted by Crippen LogP contribution is 2.33. The van der Waals surface area contributed by atoms with Crippen molar-refractivity contribution in [1.29, 1.82) is 0 Å². The number of aliphatic imine (C=N–C) groups is 1. The molecule has 1 saturated heterocycles. The fraction of sp³-hybridized carbons (Fsp3) is 0.286. The third kappa shape index (κ3) is 4.73. The lowest BCUT2D eigenvalue weighted by atomic mass is 9.90. The Morgan fingerprint density at radius 2 is 1.70 bits per heavy atom. The molecule has 0 N–H and O–H groups in total. The van der Waals surface area contributed by atoms with E-state index in [2.05, 4.69) is 35.2 Å². The van der Waals surface area contributed by atoms with E-state index >= 15 is 0 Å². The number of fused-ring (bicyclic) bond motifs is 1. The molecule has 0 aromatic heterocycles. The largest absolute Gasteiger partial charge is 0.293 e. The van der Waals surface area contributed by atoms with Gasteiger partial charge in [-0.25, -0.2) is 4.99 Å². The number of piperidine rings is 1. The number of halogens is 1. The van der Waals surface area contributed by atoms with Gasteiger partial charge in [0, 0.05) is 23.7 Å². The monoisotopic (exact) mass is 457 g/mol. The number of carbonyl (C=O) groups is 1. The summed E-state index contributed by atoms with van der Waals surface area (Å²) in [6, 6.07) is 24.3. The summed E-state index contributed by atoms with van der Waals surface area (Å²) in [5.74, 6) is 0.662. The molecule has 0 radical (unpaired) electrons. The quantitative estimate of drug-likeness (QED) is 0.469. The van der Waals surface area contributed by atoms with Crippen LogP contribution in [0.3, 0.4) is 0 Å². The van der Waals surface area contributed by atoms with Crippen molar-refractivity contribution < 1.29 is 4.79 Å². The third-order valence-corrected chi connectivity index (χ3v) is 6.95. The van der Waals surface area contributed by atoms with E-state index in [-0.39, 0.29) is 5.91 Å². The van der Waals surface area contributed by atoms with Gasteiger partial charge in [0.1, 0.15) is 5.71 Å². The van der Waals surface area contributed by atoms with Gasteiger partial charge in [-0.15, -0.1) is 0 Å². The molecule has 0 atom stereocenters. The Hall–Kier alpha value is -2.95. The number of hydrogen-bond donors (Lipinski definition) is 0. The number of nitrogens with zero attached hydrogens (tertiary/aromatic N) is 3. The Labute approximate surface area is 200 Å². The number of aryl methyl sites for hydroxylation is 1. The fourth-order valence-electron chi connectivity index (χ4n) is 4.81. The fourth-order valence-corrected chi connectivity index (χ4v) is 4.98. The van der Waals surface area contributed by atoms with Crippen molar-refractivity contribution in [1.82, 2.24) is 4.90 Å². The molecule has 3 aromatic rings. The Morgan fingerprint density at radius 1 is 0.970 bits per heavy atom. The van der Waals surface area contributed by atoms with Crippen LogP contribution in [-0.2, 0) is 11.2 Å². The molecular weight excluding hydrogens is 430 g/mol. The summed E-state index contributed by atoms with van der Waals surface area (Å²) in [5, 5.41) is 0.619. The van der Waals surface area contributed by atoms with Gasteiger partial charge in [-0.1, -0.05) is 66.2 Å². The predicted octanol–water partition coefficient (Wildman–Crippen LogP) is 6.03. The van der Waals surface area contributed by atoms with E-state index in [1.165, 1.54) is 5.56 Å². The molecule has 2 heterocycles. The standard InChI is InChI=1S/C28H28ClN3O/c1-20-11-12-23(29)18-25(20)30-27-24-9-5-6-10-26(24)32(28(27)33)19-31-15-13-22(14-16-31)17-21-7-3-2-4-8-21/h2-12,18,22H,13-17,19H2,1H3. The number of hydrogen-bond acceptors (Lipinski definition) is 3. The summed E-state index contributed by atoms with van der Waals surface area (Å²) in [5.41, 5.74) is 5.47. The SMILES string of the molecule is Cc1ccc(Cl)cc1N=C1C(=O)N(CN2CCC(Cc3ccccc3)CC2)c2ccccc21. The zero-order valence-corrected chi connectivity index (χ0v) is 19.6. The minimum atomic E-state index is -0.0398. The molecule has 0 saturated carbocycles. The van der Waals surface area contributed by atoms with E-state index in [0.29, 0.717) is 23.3 Å². The number of benzene rings is 3. The zero-order valence-electron chi connectivity index (χ0n) is 18.9. The van der Waals surface area contributed by atoms with E-state index < -0.39 is 0 Å². The maximum absolute atomic E-state index is 13.5. The topological polar surface area (TPSA) is 35.9 Å². The average molecular weight is 458 g/mol. The lowest BCUT2D eigenvalue weighted by molar-refractivity contribution is -0.112. The first-order valence-corrected chi connectivity index (χ1v) is 12.0. The molecule has 5 heteroatoms. The molecule has 0 bridgehead atoms. The van der Waals surface area contributed by atoms with Crippen LogP contribution >= 0.6 is 11.6 Å². The van der Waals surface area contributed by atoms with Gasteiger partial charge < -0.3 is 0 Å². The van der Waals surface area contributed by atoms with Gasteiger partial charge in [-0.05, 0) is 61.4 Å². The molecule has 0 unspecified atom stereocenters. The van der Waals surface area contributed by atoms with E-state index in [9.17, 15) is 4.79 Å². The van der Waals surface area contributed by atoms with Crippen molar-refractivity contribution in [2.45, 2.75) is 26.2 Å². The second-order valence-electron chi connectivity index (χ2n) is 9.03. The number of amides is 1. The third-order valence-electron chi connectivity index (χ3n) is 6.72. The van der Waals surface area contributed by atoms with E-state index in [1.807, 2.05) is 54.3 Å². The van der Waals surface area contributed by atoms with Crippen molar-refractivity contribution in [3.8, 4) is 0 Å². The van der Waals surface area contributed by atoms with Gasteiger partial charge in [-0.3, -0.25) is 14.6 Å². The lowest BCUT2D eigenvalue weighted by Gasteiger charge is -2.34. The van der Waals surface area contributed by atoms with Crippen LogP contribution in [0.4, 0.5) is 11.4 Å². The van der Waals surface area contributed by atoms with Crippen LogP contribution in [0.15, 0.2) is 77.8 Å². The molecule has 5 rings (SSSR count). The van der Waals surface area contributed by atoms with Gasteiger partial charge in [-0.2, -0.15) is 0 Å². The van der Waals surface area contributed by atoms with E-state index in [1.54, 1.807) is 0 Å². The van der Waals surface area contributed by atoms with Crippen molar-refractivity contribution in [3.63, 3.8) is 0 Å². The minimum Gasteiger partial charge on any atom is -0.293 e. The Bertz CT molecular complexity index is 1180. The molecule has 2 aliphatic rings. The summed E-state index contributed by atoms with van der Waals surface area (Å²) < 4.78 is 0. The number of carbonyl (C=O) groups excluding carboxylic acids is 1. The van der Waals surface area contributed by atoms with Gasteiger partial charge in [0.05, 0.1) is 18.0 Å². The summed E-state index contributed by atoms with van der Waals surface area (Å²) >= 11 is 6.19. The van der Waals surface area contributed by atoms with Crippen LogP contribution in [0.5, 0.6) is 0 Å².